The molecule has 0 amide bonds. The Morgan fingerprint density at radius 1 is 0.792 bits per heavy atom. The van der Waals surface area contributed by atoms with Gasteiger partial charge in [0.2, 0.25) is 0 Å². The maximum Gasteiger partial charge on any atom is 0.138 e. The molecule has 0 atom stereocenters. The van der Waals surface area contributed by atoms with Crippen molar-refractivity contribution in [3.05, 3.63) is 47.1 Å². The molecule has 0 saturated carbocycles. The van der Waals surface area contributed by atoms with Gasteiger partial charge >= 0.3 is 0 Å². The summed E-state index contributed by atoms with van der Waals surface area (Å²) in [7, 11) is 4.82. The largest absolute Gasteiger partial charge is 0.496 e. The van der Waals surface area contributed by atoms with Crippen LogP contribution in [0, 0.1) is 0 Å². The Labute approximate surface area is 148 Å². The second-order valence-electron chi connectivity index (χ2n) is 4.96. The fourth-order valence-corrected chi connectivity index (χ4v) is 2.84. The number of pyridine rings is 1. The van der Waals surface area contributed by atoms with E-state index in [0.717, 1.165) is 21.1 Å². The molecule has 0 N–H and O–H groups in total. The average Bonchev–Trinajstić information content (AvgIpc) is 2.61. The number of nitrogens with zero attached hydrogens (tertiary/aromatic N) is 1. The van der Waals surface area contributed by atoms with Gasteiger partial charge in [-0.05, 0) is 28.1 Å². The van der Waals surface area contributed by atoms with Gasteiger partial charge in [0, 0.05) is 35.8 Å². The topological polar surface area (TPSA) is 49.8 Å². The van der Waals surface area contributed by atoms with Crippen molar-refractivity contribution in [1.29, 1.82) is 0 Å². The molecule has 0 fully saturated rings. The molecule has 5 nitrogen and oxygen atoms in total. The van der Waals surface area contributed by atoms with Gasteiger partial charge in [0.05, 0.1) is 31.3 Å². The van der Waals surface area contributed by atoms with E-state index in [0.29, 0.717) is 23.0 Å². The first-order valence-electron chi connectivity index (χ1n) is 7.17. The maximum absolute atomic E-state index is 6.04. The Hall–Kier alpha value is -2.47. The first-order chi connectivity index (χ1) is 11.6. The highest BCUT2D eigenvalue weighted by Crippen LogP contribution is 2.37. The van der Waals surface area contributed by atoms with E-state index < -0.39 is 0 Å². The number of halogens is 1. The molecule has 1 heterocycles. The molecule has 124 valence electrons. The van der Waals surface area contributed by atoms with E-state index in [1.807, 2.05) is 18.2 Å². The predicted molar refractivity (Wildman–Crippen MR) is 95.6 cm³/mol. The molecule has 0 unspecified atom stereocenters. The molecule has 24 heavy (non-hydrogen) atoms. The van der Waals surface area contributed by atoms with Crippen LogP contribution >= 0.6 is 15.9 Å². The van der Waals surface area contributed by atoms with Gasteiger partial charge in [0.1, 0.15) is 28.7 Å². The summed E-state index contributed by atoms with van der Waals surface area (Å²) in [5.41, 5.74) is 0.780. The predicted octanol–water partition coefficient (Wildman–Crippen LogP) is 4.82. The zero-order valence-corrected chi connectivity index (χ0v) is 15.1. The molecule has 0 spiro atoms. The van der Waals surface area contributed by atoms with Crippen molar-refractivity contribution in [3.8, 4) is 28.7 Å². The number of hydrogen-bond donors (Lipinski definition) is 0. The van der Waals surface area contributed by atoms with Crippen LogP contribution in [0.1, 0.15) is 0 Å². The monoisotopic (exact) mass is 389 g/mol. The highest BCUT2D eigenvalue weighted by molar-refractivity contribution is 9.10. The first kappa shape index (κ1) is 16.4. The zero-order valence-electron chi connectivity index (χ0n) is 13.5. The summed E-state index contributed by atoms with van der Waals surface area (Å²) in [5.74, 6) is 3.33. The molecule has 0 radical (unpaired) electrons. The lowest BCUT2D eigenvalue weighted by Crippen LogP contribution is -1.92. The van der Waals surface area contributed by atoms with Gasteiger partial charge in [-0.3, -0.25) is 4.98 Å². The summed E-state index contributed by atoms with van der Waals surface area (Å²) in [5, 5.41) is 0.868. The van der Waals surface area contributed by atoms with E-state index in [4.69, 9.17) is 18.9 Å². The molecule has 2 aromatic carbocycles. The summed E-state index contributed by atoms with van der Waals surface area (Å²) < 4.78 is 22.7. The number of ether oxygens (including phenoxy) is 4. The van der Waals surface area contributed by atoms with Crippen molar-refractivity contribution in [1.82, 2.24) is 4.98 Å². The minimum absolute atomic E-state index is 0.616. The summed E-state index contributed by atoms with van der Waals surface area (Å²) >= 11 is 3.49. The third-order valence-electron chi connectivity index (χ3n) is 3.53. The average molecular weight is 390 g/mol. The molecule has 6 heteroatoms. The van der Waals surface area contributed by atoms with Crippen LogP contribution in [0.15, 0.2) is 47.1 Å². The number of rotatable bonds is 5. The Bertz CT molecular complexity index is 860. The minimum atomic E-state index is 0.616. The van der Waals surface area contributed by atoms with Crippen molar-refractivity contribution in [2.45, 2.75) is 0 Å². The normalized spacial score (nSPS) is 10.5. The quantitative estimate of drug-likeness (QED) is 0.626. The number of benzene rings is 2. The van der Waals surface area contributed by atoms with E-state index >= 15 is 0 Å². The fourth-order valence-electron chi connectivity index (χ4n) is 2.33. The molecule has 3 rings (SSSR count). The van der Waals surface area contributed by atoms with Crippen LogP contribution in [0.4, 0.5) is 0 Å². The summed E-state index contributed by atoms with van der Waals surface area (Å²) in [6.45, 7) is 0. The van der Waals surface area contributed by atoms with Crippen LogP contribution in [0.2, 0.25) is 0 Å². The van der Waals surface area contributed by atoms with Gasteiger partial charge in [0.25, 0.3) is 0 Å². The highest BCUT2D eigenvalue weighted by Gasteiger charge is 2.11. The van der Waals surface area contributed by atoms with E-state index in [1.54, 1.807) is 45.7 Å². The third kappa shape index (κ3) is 3.23. The summed E-state index contributed by atoms with van der Waals surface area (Å²) in [6.07, 6.45) is 1.70. The Balaban J connectivity index is 2.06. The smallest absolute Gasteiger partial charge is 0.138 e. The number of aromatic nitrogens is 1. The first-order valence-corrected chi connectivity index (χ1v) is 7.97. The van der Waals surface area contributed by atoms with Crippen LogP contribution < -0.4 is 18.9 Å². The molecule has 3 aromatic rings. The number of hydrogen-bond acceptors (Lipinski definition) is 5. The Kier molecular flexibility index (Phi) is 4.76. The second kappa shape index (κ2) is 6.97. The maximum atomic E-state index is 6.04. The highest BCUT2D eigenvalue weighted by atomic mass is 79.9. The lowest BCUT2D eigenvalue weighted by molar-refractivity contribution is 0.387. The molecule has 1 aromatic heterocycles. The molecule has 0 aliphatic heterocycles. The van der Waals surface area contributed by atoms with Crippen LogP contribution in [-0.4, -0.2) is 26.3 Å². The molecule has 0 saturated heterocycles. The van der Waals surface area contributed by atoms with Gasteiger partial charge in [0.15, 0.2) is 0 Å². The molecule has 0 bridgehead atoms. The molecular formula is C18H16BrNO4. The van der Waals surface area contributed by atoms with Gasteiger partial charge in [-0.1, -0.05) is 0 Å². The van der Waals surface area contributed by atoms with Crippen LogP contribution in [0.5, 0.6) is 28.7 Å². The van der Waals surface area contributed by atoms with E-state index in [9.17, 15) is 0 Å². The minimum Gasteiger partial charge on any atom is -0.496 e. The van der Waals surface area contributed by atoms with Crippen molar-refractivity contribution >= 4 is 26.8 Å². The molecular weight excluding hydrogens is 374 g/mol. The number of methoxy groups -OCH3 is 3. The second-order valence-corrected chi connectivity index (χ2v) is 5.82. The summed E-state index contributed by atoms with van der Waals surface area (Å²) in [4.78, 5) is 4.37. The number of fused-ring (bicyclic) bond motifs is 1. The van der Waals surface area contributed by atoms with Crippen LogP contribution in [0.3, 0.4) is 0 Å². The molecule has 0 aliphatic carbocycles. The third-order valence-corrected chi connectivity index (χ3v) is 4.15. The lowest BCUT2D eigenvalue weighted by atomic mass is 10.2. The SMILES string of the molecule is COc1cc(OC)cc(Oc2ccnc3cc(OC)c(Br)cc23)c1. The standard InChI is InChI=1S/C18H16BrNO4/c1-21-11-6-12(22-2)8-13(7-11)24-17-4-5-20-16-10-18(23-3)15(19)9-14(16)17/h4-10H,1-3H3. The van der Waals surface area contributed by atoms with Gasteiger partial charge in [-0.25, -0.2) is 0 Å². The van der Waals surface area contributed by atoms with Gasteiger partial charge < -0.3 is 18.9 Å². The zero-order chi connectivity index (χ0) is 17.1. The van der Waals surface area contributed by atoms with Crippen molar-refractivity contribution in [2.24, 2.45) is 0 Å². The van der Waals surface area contributed by atoms with Crippen LogP contribution in [-0.2, 0) is 0 Å². The van der Waals surface area contributed by atoms with Crippen LogP contribution in [0.25, 0.3) is 10.9 Å². The van der Waals surface area contributed by atoms with E-state index in [2.05, 4.69) is 20.9 Å². The molecule has 0 aliphatic rings. The van der Waals surface area contributed by atoms with Crippen molar-refractivity contribution in [3.63, 3.8) is 0 Å². The lowest BCUT2D eigenvalue weighted by Gasteiger charge is -2.12. The van der Waals surface area contributed by atoms with E-state index in [-0.39, 0.29) is 0 Å². The van der Waals surface area contributed by atoms with E-state index in [1.165, 1.54) is 0 Å². The van der Waals surface area contributed by atoms with Crippen molar-refractivity contribution in [2.75, 3.05) is 21.3 Å². The Morgan fingerprint density at radius 2 is 1.46 bits per heavy atom. The summed E-state index contributed by atoms with van der Waals surface area (Å²) in [6, 6.07) is 11.0. The fraction of sp³-hybridized carbons (Fsp3) is 0.167. The van der Waals surface area contributed by atoms with Gasteiger partial charge in [-0.2, -0.15) is 0 Å². The Morgan fingerprint density at radius 3 is 2.08 bits per heavy atom. The van der Waals surface area contributed by atoms with Crippen molar-refractivity contribution < 1.29 is 18.9 Å². The van der Waals surface area contributed by atoms with Gasteiger partial charge in [-0.15, -0.1) is 0 Å².